The zero-order valence-corrected chi connectivity index (χ0v) is 12.1. The number of imidazole rings is 1. The van der Waals surface area contributed by atoms with Crippen LogP contribution in [0.1, 0.15) is 11.4 Å². The molecule has 0 fully saturated rings. The van der Waals surface area contributed by atoms with Crippen molar-refractivity contribution < 1.29 is 0 Å². The highest BCUT2D eigenvalue weighted by atomic mass is 35.5. The standard InChI is InChI=1S/C14H16ClN5/c1-11-9-12-14(16-10-11)20(13(18-12)3-4-15)8-7-19-6-2-5-17-19/h2,5-6,9-10H,3-4,7-8H2,1H3. The first-order valence-electron chi connectivity index (χ1n) is 6.63. The Kier molecular flexibility index (Phi) is 3.69. The van der Waals surface area contributed by atoms with E-state index in [-0.39, 0.29) is 0 Å². The molecule has 3 aromatic rings. The Morgan fingerprint density at radius 2 is 2.20 bits per heavy atom. The van der Waals surface area contributed by atoms with Gasteiger partial charge < -0.3 is 4.57 Å². The molecule has 20 heavy (non-hydrogen) atoms. The Morgan fingerprint density at radius 3 is 2.95 bits per heavy atom. The van der Waals surface area contributed by atoms with Gasteiger partial charge in [0, 0.05) is 37.4 Å². The van der Waals surface area contributed by atoms with Gasteiger partial charge in [-0.1, -0.05) is 0 Å². The van der Waals surface area contributed by atoms with E-state index >= 15 is 0 Å². The summed E-state index contributed by atoms with van der Waals surface area (Å²) in [6, 6.07) is 3.98. The zero-order valence-electron chi connectivity index (χ0n) is 11.3. The molecule has 0 saturated carbocycles. The first-order valence-corrected chi connectivity index (χ1v) is 7.16. The number of halogens is 1. The van der Waals surface area contributed by atoms with Crippen molar-refractivity contribution in [3.63, 3.8) is 0 Å². The highest BCUT2D eigenvalue weighted by Gasteiger charge is 2.11. The molecule has 0 unspecified atom stereocenters. The van der Waals surface area contributed by atoms with Gasteiger partial charge in [0.05, 0.1) is 6.54 Å². The number of aromatic nitrogens is 5. The average Bonchev–Trinajstić information content (AvgIpc) is 3.04. The second-order valence-electron chi connectivity index (χ2n) is 4.74. The highest BCUT2D eigenvalue weighted by molar-refractivity contribution is 6.17. The van der Waals surface area contributed by atoms with E-state index in [9.17, 15) is 0 Å². The van der Waals surface area contributed by atoms with E-state index in [0.29, 0.717) is 5.88 Å². The summed E-state index contributed by atoms with van der Waals surface area (Å²) < 4.78 is 4.04. The van der Waals surface area contributed by atoms with Gasteiger partial charge in [0.25, 0.3) is 0 Å². The molecule has 104 valence electrons. The molecule has 0 atom stereocenters. The van der Waals surface area contributed by atoms with Crippen molar-refractivity contribution in [2.75, 3.05) is 5.88 Å². The van der Waals surface area contributed by atoms with Crippen molar-refractivity contribution in [2.24, 2.45) is 0 Å². The van der Waals surface area contributed by atoms with Gasteiger partial charge in [0.1, 0.15) is 11.3 Å². The number of aryl methyl sites for hydroxylation is 4. The third-order valence-electron chi connectivity index (χ3n) is 3.23. The zero-order chi connectivity index (χ0) is 13.9. The molecule has 0 radical (unpaired) electrons. The van der Waals surface area contributed by atoms with Gasteiger partial charge in [-0.05, 0) is 24.6 Å². The minimum atomic E-state index is 0.560. The van der Waals surface area contributed by atoms with Crippen LogP contribution in [-0.4, -0.2) is 30.2 Å². The topological polar surface area (TPSA) is 48.5 Å². The fraction of sp³-hybridized carbons (Fsp3) is 0.357. The van der Waals surface area contributed by atoms with Crippen molar-refractivity contribution in [3.8, 4) is 0 Å². The van der Waals surface area contributed by atoms with Gasteiger partial charge in [-0.25, -0.2) is 9.97 Å². The van der Waals surface area contributed by atoms with E-state index in [4.69, 9.17) is 11.6 Å². The Hall–Kier alpha value is -1.88. The van der Waals surface area contributed by atoms with Crippen LogP contribution in [0, 0.1) is 6.92 Å². The largest absolute Gasteiger partial charge is 0.311 e. The van der Waals surface area contributed by atoms with Crippen LogP contribution in [0.3, 0.4) is 0 Å². The molecular weight excluding hydrogens is 274 g/mol. The predicted octanol–water partition coefficient (Wildman–Crippen LogP) is 2.42. The lowest BCUT2D eigenvalue weighted by atomic mass is 10.3. The molecule has 3 rings (SSSR count). The van der Waals surface area contributed by atoms with Gasteiger partial charge in [-0.2, -0.15) is 5.10 Å². The number of hydrogen-bond donors (Lipinski definition) is 0. The summed E-state index contributed by atoms with van der Waals surface area (Å²) in [5.41, 5.74) is 2.97. The summed E-state index contributed by atoms with van der Waals surface area (Å²) in [6.07, 6.45) is 6.36. The Balaban J connectivity index is 1.95. The second-order valence-corrected chi connectivity index (χ2v) is 5.12. The Bertz CT molecular complexity index is 702. The molecule has 0 aliphatic carbocycles. The van der Waals surface area contributed by atoms with E-state index < -0.39 is 0 Å². The number of fused-ring (bicyclic) bond motifs is 1. The quantitative estimate of drug-likeness (QED) is 0.678. The molecule has 0 saturated heterocycles. The maximum absolute atomic E-state index is 5.88. The van der Waals surface area contributed by atoms with Gasteiger partial charge in [-0.15, -0.1) is 11.6 Å². The van der Waals surface area contributed by atoms with Gasteiger partial charge in [0.15, 0.2) is 5.65 Å². The van der Waals surface area contributed by atoms with Crippen LogP contribution >= 0.6 is 11.6 Å². The van der Waals surface area contributed by atoms with E-state index in [1.165, 1.54) is 0 Å². The molecule has 6 heteroatoms. The molecule has 0 bridgehead atoms. The predicted molar refractivity (Wildman–Crippen MR) is 78.9 cm³/mol. The minimum Gasteiger partial charge on any atom is -0.311 e. The average molecular weight is 290 g/mol. The van der Waals surface area contributed by atoms with Gasteiger partial charge in [0.2, 0.25) is 0 Å². The van der Waals surface area contributed by atoms with Crippen molar-refractivity contribution in [1.29, 1.82) is 0 Å². The van der Waals surface area contributed by atoms with Crippen molar-refractivity contribution >= 4 is 22.8 Å². The lowest BCUT2D eigenvalue weighted by molar-refractivity contribution is 0.528. The minimum absolute atomic E-state index is 0.560. The molecule has 0 aliphatic heterocycles. The third kappa shape index (κ3) is 2.54. The summed E-state index contributed by atoms with van der Waals surface area (Å²) in [5.74, 6) is 1.55. The maximum atomic E-state index is 5.88. The molecule has 0 aliphatic rings. The Morgan fingerprint density at radius 1 is 1.30 bits per heavy atom. The molecule has 0 spiro atoms. The lowest BCUT2D eigenvalue weighted by Gasteiger charge is -2.08. The van der Waals surface area contributed by atoms with Crippen LogP contribution in [0.4, 0.5) is 0 Å². The van der Waals surface area contributed by atoms with Crippen LogP contribution in [0.15, 0.2) is 30.7 Å². The van der Waals surface area contributed by atoms with E-state index in [1.54, 1.807) is 6.20 Å². The van der Waals surface area contributed by atoms with Gasteiger partial charge in [-0.3, -0.25) is 4.68 Å². The summed E-state index contributed by atoms with van der Waals surface area (Å²) in [7, 11) is 0. The molecular formula is C14H16ClN5. The number of alkyl halides is 1. The molecule has 0 N–H and O–H groups in total. The third-order valence-corrected chi connectivity index (χ3v) is 3.42. The SMILES string of the molecule is Cc1cnc2c(c1)nc(CCCl)n2CCn1cccn1. The van der Waals surface area contributed by atoms with Crippen LogP contribution in [0.25, 0.3) is 11.2 Å². The fourth-order valence-corrected chi connectivity index (χ4v) is 2.47. The number of pyridine rings is 1. The molecule has 0 amide bonds. The first kappa shape index (κ1) is 13.1. The van der Waals surface area contributed by atoms with Gasteiger partial charge >= 0.3 is 0 Å². The van der Waals surface area contributed by atoms with E-state index in [1.807, 2.05) is 30.1 Å². The van der Waals surface area contributed by atoms with Crippen molar-refractivity contribution in [2.45, 2.75) is 26.4 Å². The molecule has 3 aromatic heterocycles. The summed E-state index contributed by atoms with van der Waals surface area (Å²) in [4.78, 5) is 9.16. The van der Waals surface area contributed by atoms with E-state index in [2.05, 4.69) is 25.7 Å². The molecule has 5 nitrogen and oxygen atoms in total. The van der Waals surface area contributed by atoms with Crippen LogP contribution in [-0.2, 0) is 19.5 Å². The maximum Gasteiger partial charge on any atom is 0.160 e. The van der Waals surface area contributed by atoms with Crippen molar-refractivity contribution in [1.82, 2.24) is 24.3 Å². The highest BCUT2D eigenvalue weighted by Crippen LogP contribution is 2.16. The first-order chi connectivity index (χ1) is 9.78. The van der Waals surface area contributed by atoms with Crippen LogP contribution < -0.4 is 0 Å². The molecule has 0 aromatic carbocycles. The monoisotopic (exact) mass is 289 g/mol. The van der Waals surface area contributed by atoms with E-state index in [0.717, 1.165) is 42.1 Å². The number of hydrogen-bond acceptors (Lipinski definition) is 3. The van der Waals surface area contributed by atoms with Crippen molar-refractivity contribution in [3.05, 3.63) is 42.1 Å². The number of nitrogens with zero attached hydrogens (tertiary/aromatic N) is 5. The lowest BCUT2D eigenvalue weighted by Crippen LogP contribution is -2.11. The normalized spacial score (nSPS) is 11.3. The molecule has 3 heterocycles. The smallest absolute Gasteiger partial charge is 0.160 e. The summed E-state index contributed by atoms with van der Waals surface area (Å²) >= 11 is 5.88. The van der Waals surface area contributed by atoms with Crippen LogP contribution in [0.2, 0.25) is 0 Å². The Labute approximate surface area is 122 Å². The summed E-state index contributed by atoms with van der Waals surface area (Å²) in [6.45, 7) is 3.61. The fourth-order valence-electron chi connectivity index (χ4n) is 2.30. The number of rotatable bonds is 5. The second kappa shape index (κ2) is 5.63. The summed E-state index contributed by atoms with van der Waals surface area (Å²) in [5, 5.41) is 4.22. The van der Waals surface area contributed by atoms with Crippen LogP contribution in [0.5, 0.6) is 0 Å².